The van der Waals surface area contributed by atoms with Crippen molar-refractivity contribution in [2.75, 3.05) is 12.0 Å². The zero-order chi connectivity index (χ0) is 26.1. The molecule has 0 radical (unpaired) electrons. The molecule has 1 N–H and O–H groups in total. The first-order valence-corrected chi connectivity index (χ1v) is 13.1. The Morgan fingerprint density at radius 2 is 1.94 bits per heavy atom. The van der Waals surface area contributed by atoms with Crippen molar-refractivity contribution in [3.63, 3.8) is 0 Å². The number of imidazole rings is 1. The molecular formula is C28H32FN3O3S. The number of hydrogen-bond acceptors (Lipinski definition) is 5. The largest absolute Gasteiger partial charge is 0.458 e. The van der Waals surface area contributed by atoms with E-state index in [9.17, 15) is 14.0 Å². The first-order valence-electron chi connectivity index (χ1n) is 11.7. The number of benzene rings is 2. The Kier molecular flexibility index (Phi) is 9.47. The summed E-state index contributed by atoms with van der Waals surface area (Å²) >= 11 is 1.59. The number of amides is 1. The van der Waals surface area contributed by atoms with Gasteiger partial charge in [-0.1, -0.05) is 30.4 Å². The zero-order valence-electron chi connectivity index (χ0n) is 21.0. The molecule has 8 heteroatoms. The fraction of sp³-hybridized carbons (Fsp3) is 0.321. The molecule has 1 amide bonds. The van der Waals surface area contributed by atoms with Crippen LogP contribution in [-0.4, -0.2) is 45.1 Å². The van der Waals surface area contributed by atoms with Gasteiger partial charge in [0.2, 0.25) is 0 Å². The maximum absolute atomic E-state index is 13.6. The molecule has 0 spiro atoms. The summed E-state index contributed by atoms with van der Waals surface area (Å²) in [6.07, 6.45) is 11.7. The smallest absolute Gasteiger partial charge is 0.329 e. The summed E-state index contributed by atoms with van der Waals surface area (Å²) in [6, 6.07) is 10.7. The lowest BCUT2D eigenvalue weighted by molar-refractivity contribution is -0.157. The average molecular weight is 510 g/mol. The molecule has 1 heterocycles. The van der Waals surface area contributed by atoms with Crippen LogP contribution < -0.4 is 5.32 Å². The van der Waals surface area contributed by atoms with Crippen LogP contribution in [-0.2, 0) is 16.1 Å². The Hall–Kier alpha value is -3.39. The van der Waals surface area contributed by atoms with Gasteiger partial charge < -0.3 is 14.6 Å². The summed E-state index contributed by atoms with van der Waals surface area (Å²) in [5.41, 5.74) is 1.96. The second-order valence-corrected chi connectivity index (χ2v) is 10.3. The molecule has 36 heavy (non-hydrogen) atoms. The normalized spacial score (nSPS) is 12.5. The monoisotopic (exact) mass is 509 g/mol. The molecule has 190 valence electrons. The summed E-state index contributed by atoms with van der Waals surface area (Å²) in [5.74, 6) is -0.522. The third-order valence-electron chi connectivity index (χ3n) is 5.24. The molecule has 2 aromatic carbocycles. The van der Waals surface area contributed by atoms with Crippen molar-refractivity contribution in [3.05, 3.63) is 84.2 Å². The summed E-state index contributed by atoms with van der Waals surface area (Å²) in [4.78, 5) is 30.2. The lowest BCUT2D eigenvalue weighted by atomic mass is 9.96. The minimum Gasteiger partial charge on any atom is -0.458 e. The molecule has 6 nitrogen and oxygen atoms in total. The number of thioether (sulfide) groups is 1. The maximum Gasteiger partial charge on any atom is 0.329 e. The molecule has 0 bridgehead atoms. The summed E-state index contributed by atoms with van der Waals surface area (Å²) in [7, 11) is 0. The number of aromatic nitrogens is 2. The minimum atomic E-state index is -0.778. The van der Waals surface area contributed by atoms with E-state index >= 15 is 0 Å². The molecule has 0 unspecified atom stereocenters. The molecule has 0 aliphatic heterocycles. The molecule has 0 fully saturated rings. The summed E-state index contributed by atoms with van der Waals surface area (Å²) in [6.45, 7) is 6.04. The lowest BCUT2D eigenvalue weighted by Gasteiger charge is -2.25. The van der Waals surface area contributed by atoms with Gasteiger partial charge in [0.1, 0.15) is 17.5 Å². The SMILES string of the molecule is CSCC[C@H](NC(=O)c1ccc(/C=C/Cn2ccnc2)cc1-c1ccc(F)cc1)C(=O)OC(C)(C)C. The predicted octanol–water partition coefficient (Wildman–Crippen LogP) is 5.60. The van der Waals surface area contributed by atoms with E-state index in [-0.39, 0.29) is 11.7 Å². The molecule has 0 saturated heterocycles. The van der Waals surface area contributed by atoms with Crippen LogP contribution in [0.1, 0.15) is 43.1 Å². The van der Waals surface area contributed by atoms with E-state index in [2.05, 4.69) is 10.3 Å². The maximum atomic E-state index is 13.6. The van der Waals surface area contributed by atoms with Crippen molar-refractivity contribution in [2.24, 2.45) is 0 Å². The number of allylic oxidation sites excluding steroid dienone is 1. The molecule has 0 saturated carbocycles. The Morgan fingerprint density at radius 3 is 2.58 bits per heavy atom. The van der Waals surface area contributed by atoms with E-state index in [1.54, 1.807) is 63.3 Å². The van der Waals surface area contributed by atoms with Crippen LogP contribution in [0.3, 0.4) is 0 Å². The standard InChI is InChI=1S/C28H32FN3O3S/c1-28(2,3)35-27(34)25(13-17-36-4)31-26(33)23-12-7-20(6-5-15-32-16-14-30-19-32)18-24(23)21-8-10-22(29)11-9-21/h5-12,14,16,18-19,25H,13,15,17H2,1-4H3,(H,31,33)/b6-5+/t25-/m0/s1. The number of nitrogens with one attached hydrogen (secondary N) is 1. The quantitative estimate of drug-likeness (QED) is 0.361. The Labute approximate surface area is 216 Å². The molecule has 1 atom stereocenters. The summed E-state index contributed by atoms with van der Waals surface area (Å²) in [5, 5.41) is 2.86. The average Bonchev–Trinajstić information content (AvgIpc) is 3.34. The molecule has 1 aromatic heterocycles. The number of halogens is 1. The zero-order valence-corrected chi connectivity index (χ0v) is 21.8. The van der Waals surface area contributed by atoms with Crippen LogP contribution in [0.4, 0.5) is 4.39 Å². The van der Waals surface area contributed by atoms with Gasteiger partial charge in [-0.15, -0.1) is 0 Å². The number of nitrogens with zero attached hydrogens (tertiary/aromatic N) is 2. The molecule has 3 aromatic rings. The summed E-state index contributed by atoms with van der Waals surface area (Å²) < 4.78 is 21.1. The molecule has 3 rings (SSSR count). The minimum absolute atomic E-state index is 0.358. The number of carbonyl (C=O) groups is 2. The van der Waals surface area contributed by atoms with E-state index in [4.69, 9.17) is 4.74 Å². The highest BCUT2D eigenvalue weighted by Gasteiger charge is 2.27. The van der Waals surface area contributed by atoms with Crippen molar-refractivity contribution >= 4 is 29.7 Å². The van der Waals surface area contributed by atoms with E-state index in [0.29, 0.717) is 35.4 Å². The fourth-order valence-corrected chi connectivity index (χ4v) is 4.00. The van der Waals surface area contributed by atoms with Crippen molar-refractivity contribution in [3.8, 4) is 11.1 Å². The van der Waals surface area contributed by atoms with Gasteiger partial charge in [-0.05, 0) is 80.2 Å². The van der Waals surface area contributed by atoms with Crippen molar-refractivity contribution in [1.82, 2.24) is 14.9 Å². The molecular weight excluding hydrogens is 477 g/mol. The van der Waals surface area contributed by atoms with E-state index in [1.807, 2.05) is 41.3 Å². The van der Waals surface area contributed by atoms with Gasteiger partial charge in [0.25, 0.3) is 5.91 Å². The van der Waals surface area contributed by atoms with Gasteiger partial charge in [0.15, 0.2) is 0 Å². The number of carbonyl (C=O) groups excluding carboxylic acids is 2. The van der Waals surface area contributed by atoms with Gasteiger partial charge >= 0.3 is 5.97 Å². The highest BCUT2D eigenvalue weighted by molar-refractivity contribution is 7.98. The van der Waals surface area contributed by atoms with Crippen LogP contribution in [0.25, 0.3) is 17.2 Å². The number of hydrogen-bond donors (Lipinski definition) is 1. The highest BCUT2D eigenvalue weighted by Crippen LogP contribution is 2.27. The van der Waals surface area contributed by atoms with Crippen molar-refractivity contribution in [2.45, 2.75) is 45.4 Å². The Balaban J connectivity index is 1.89. The van der Waals surface area contributed by atoms with Gasteiger partial charge in [0, 0.05) is 24.5 Å². The van der Waals surface area contributed by atoms with Crippen molar-refractivity contribution in [1.29, 1.82) is 0 Å². The third-order valence-corrected chi connectivity index (χ3v) is 5.88. The van der Waals surface area contributed by atoms with Gasteiger partial charge in [-0.2, -0.15) is 11.8 Å². The first kappa shape index (κ1) is 27.2. The van der Waals surface area contributed by atoms with Crippen molar-refractivity contribution < 1.29 is 18.7 Å². The number of esters is 1. The highest BCUT2D eigenvalue weighted by atomic mass is 32.2. The lowest BCUT2D eigenvalue weighted by Crippen LogP contribution is -2.44. The van der Waals surface area contributed by atoms with Gasteiger partial charge in [-0.25, -0.2) is 14.2 Å². The van der Waals surface area contributed by atoms with E-state index < -0.39 is 17.6 Å². The second kappa shape index (κ2) is 12.5. The Morgan fingerprint density at radius 1 is 1.19 bits per heavy atom. The van der Waals surface area contributed by atoms with Crippen LogP contribution in [0.5, 0.6) is 0 Å². The van der Waals surface area contributed by atoms with Gasteiger partial charge in [-0.3, -0.25) is 4.79 Å². The number of rotatable bonds is 10. The van der Waals surface area contributed by atoms with Crippen LogP contribution >= 0.6 is 11.8 Å². The first-order chi connectivity index (χ1) is 17.2. The third kappa shape index (κ3) is 8.09. The molecule has 0 aliphatic rings. The van der Waals surface area contributed by atoms with Gasteiger partial charge in [0.05, 0.1) is 6.33 Å². The molecule has 0 aliphatic carbocycles. The number of ether oxygens (including phenoxy) is 1. The van der Waals surface area contributed by atoms with Crippen LogP contribution in [0, 0.1) is 5.82 Å². The van der Waals surface area contributed by atoms with E-state index in [1.165, 1.54) is 12.1 Å². The van der Waals surface area contributed by atoms with Crippen LogP contribution in [0.2, 0.25) is 0 Å². The second-order valence-electron chi connectivity index (χ2n) is 9.31. The van der Waals surface area contributed by atoms with E-state index in [0.717, 1.165) is 5.56 Å². The Bertz CT molecular complexity index is 1190. The topological polar surface area (TPSA) is 73.2 Å². The fourth-order valence-electron chi connectivity index (χ4n) is 3.53. The predicted molar refractivity (Wildman–Crippen MR) is 143 cm³/mol. The van der Waals surface area contributed by atoms with Crippen LogP contribution in [0.15, 0.2) is 67.3 Å².